The largest absolute Gasteiger partial charge is 0.710 e. The predicted molar refractivity (Wildman–Crippen MR) is 146 cm³/mol. The number of fused-ring (bicyclic) bond motifs is 8. The summed E-state index contributed by atoms with van der Waals surface area (Å²) in [5.74, 6) is 1.68. The first-order valence-corrected chi connectivity index (χ1v) is 15.0. The predicted octanol–water partition coefficient (Wildman–Crippen LogP) is 6.17. The second-order valence-electron chi connectivity index (χ2n) is 15.4. The number of rotatable bonds is 2. The van der Waals surface area contributed by atoms with Crippen LogP contribution in [0.4, 0.5) is 0 Å². The average Bonchev–Trinajstić information content (AvgIpc) is 3.23. The number of carboxylic acids is 1. The van der Waals surface area contributed by atoms with E-state index in [0.29, 0.717) is 29.5 Å². The van der Waals surface area contributed by atoms with Gasteiger partial charge in [-0.25, -0.2) is 4.73 Å². The summed E-state index contributed by atoms with van der Waals surface area (Å²) in [4.78, 5) is 12.9. The molecule has 4 fully saturated rings. The van der Waals surface area contributed by atoms with Gasteiger partial charge in [-0.15, -0.1) is 0 Å². The van der Waals surface area contributed by atoms with Gasteiger partial charge in [-0.2, -0.15) is 0 Å². The lowest BCUT2D eigenvalue weighted by Gasteiger charge is -2.72. The number of allylic oxidation sites excluding steroid dienone is 1. The van der Waals surface area contributed by atoms with Crippen molar-refractivity contribution in [2.45, 2.75) is 112 Å². The monoisotopic (exact) mass is 521 g/mol. The quantitative estimate of drug-likeness (QED) is 0.285. The van der Waals surface area contributed by atoms with E-state index >= 15 is 0 Å². The van der Waals surface area contributed by atoms with Crippen molar-refractivity contribution < 1.29 is 14.6 Å². The number of aryl methyl sites for hydroxylation is 1. The average molecular weight is 522 g/mol. The minimum atomic E-state index is -0.589. The molecule has 0 aromatic carbocycles. The number of aromatic nitrogens is 3. The summed E-state index contributed by atoms with van der Waals surface area (Å²) in [7, 11) is 0. The van der Waals surface area contributed by atoms with Crippen LogP contribution in [-0.4, -0.2) is 21.3 Å². The van der Waals surface area contributed by atoms with Crippen LogP contribution >= 0.6 is 0 Å². The number of aliphatic carboxylic acids is 1. The van der Waals surface area contributed by atoms with Crippen molar-refractivity contribution in [1.29, 1.82) is 0 Å². The van der Waals surface area contributed by atoms with Crippen LogP contribution in [0.2, 0.25) is 0 Å². The summed E-state index contributed by atoms with van der Waals surface area (Å²) in [6, 6.07) is 0. The van der Waals surface area contributed by atoms with Gasteiger partial charge in [0.15, 0.2) is 0 Å². The second kappa shape index (κ2) is 7.81. The molecule has 5 aliphatic rings. The van der Waals surface area contributed by atoms with Crippen molar-refractivity contribution in [3.05, 3.63) is 34.6 Å². The Kier molecular flexibility index (Phi) is 5.40. The van der Waals surface area contributed by atoms with Crippen LogP contribution in [-0.2, 0) is 16.6 Å². The molecule has 0 unspecified atom stereocenters. The molecule has 1 aromatic rings. The molecule has 6 heteroatoms. The fraction of sp³-hybridized carbons (Fsp3) is 0.812. The Hall–Kier alpha value is -1.98. The van der Waals surface area contributed by atoms with Gasteiger partial charge in [0.1, 0.15) is 11.4 Å². The van der Waals surface area contributed by atoms with Gasteiger partial charge in [-0.1, -0.05) is 46.8 Å². The van der Waals surface area contributed by atoms with Crippen molar-refractivity contribution in [2.75, 3.05) is 0 Å². The summed E-state index contributed by atoms with van der Waals surface area (Å²) in [6.07, 6.45) is 8.77. The molecule has 1 N–H and O–H groups in total. The summed E-state index contributed by atoms with van der Waals surface area (Å²) in [5.41, 5.74) is 2.26. The van der Waals surface area contributed by atoms with Gasteiger partial charge < -0.3 is 10.3 Å². The Labute approximate surface area is 228 Å². The summed E-state index contributed by atoms with van der Waals surface area (Å²) >= 11 is 0. The lowest BCUT2D eigenvalue weighted by atomic mass is 9.32. The molecule has 0 bridgehead atoms. The highest BCUT2D eigenvalue weighted by Gasteiger charge is 2.72. The summed E-state index contributed by atoms with van der Waals surface area (Å²) in [6.45, 7) is 20.4. The molecule has 0 radical (unpaired) electrons. The van der Waals surface area contributed by atoms with Gasteiger partial charge in [-0.3, -0.25) is 4.79 Å². The minimum absolute atomic E-state index is 0.0100. The van der Waals surface area contributed by atoms with E-state index < -0.39 is 11.4 Å². The number of hydrogen-bond donors (Lipinski definition) is 1. The number of carboxylic acid groups (broad SMARTS) is 1. The van der Waals surface area contributed by atoms with Crippen LogP contribution in [0.25, 0.3) is 0 Å². The van der Waals surface area contributed by atoms with Crippen molar-refractivity contribution in [3.8, 4) is 0 Å². The Morgan fingerprint density at radius 3 is 2.34 bits per heavy atom. The zero-order valence-electron chi connectivity index (χ0n) is 24.6. The zero-order chi connectivity index (χ0) is 27.6. The highest BCUT2D eigenvalue weighted by atomic mass is 16.5. The summed E-state index contributed by atoms with van der Waals surface area (Å²) < 4.78 is 1.06. The molecule has 0 spiro atoms. The van der Waals surface area contributed by atoms with Gasteiger partial charge in [0.2, 0.25) is 0 Å². The second-order valence-corrected chi connectivity index (χ2v) is 15.4. The number of hydrogen-bond acceptors (Lipinski definition) is 4. The SMILES string of the molecule is C=C(C)[C@@H]1CC[C@]2(C(=O)O)CC[C@]3(C)[C@H](CC[C@@H]4[C@@]5(C)Cc6c(nnc(C)[n+]6[O-])C(C)(C)[C@@H]5CC[C@]43C)[C@@H]12. The van der Waals surface area contributed by atoms with E-state index in [4.69, 9.17) is 0 Å². The molecule has 0 saturated heterocycles. The first-order valence-electron chi connectivity index (χ1n) is 15.0. The topological polar surface area (TPSA) is 90.0 Å². The molecule has 9 atom stereocenters. The maximum Gasteiger partial charge on any atom is 0.326 e. The molecule has 0 aliphatic heterocycles. The standard InChI is InChI=1S/C32H47N3O3/c1-18(2)20-11-14-32(27(36)37)16-15-30(7)21(25(20)32)9-10-24-29(6)17-22-26(34-33-19(3)35(22)38)28(4,5)23(29)12-13-31(24,30)8/h20-21,23-25H,1,9-17H2,2-8H3,(H,36,37)/t20-,21+,23-,24+,25+,29-,30+,31+,32-/m0/s1. The molecule has 208 valence electrons. The van der Waals surface area contributed by atoms with E-state index in [-0.39, 0.29) is 27.6 Å². The smallest absolute Gasteiger partial charge is 0.326 e. The third-order valence-electron chi connectivity index (χ3n) is 13.9. The van der Waals surface area contributed by atoms with E-state index in [1.807, 2.05) is 0 Å². The third-order valence-corrected chi connectivity index (χ3v) is 13.9. The maximum absolute atomic E-state index is 13.3. The van der Waals surface area contributed by atoms with Crippen molar-refractivity contribution in [1.82, 2.24) is 10.2 Å². The van der Waals surface area contributed by atoms with E-state index in [1.165, 1.54) is 5.57 Å². The lowest BCUT2D eigenvalue weighted by Crippen LogP contribution is -2.67. The molecule has 1 heterocycles. The lowest BCUT2D eigenvalue weighted by molar-refractivity contribution is -0.628. The van der Waals surface area contributed by atoms with Gasteiger partial charge in [0.05, 0.1) is 10.5 Å². The van der Waals surface area contributed by atoms with Crippen LogP contribution in [0.15, 0.2) is 12.2 Å². The molecule has 6 nitrogen and oxygen atoms in total. The van der Waals surface area contributed by atoms with Gasteiger partial charge in [0, 0.05) is 18.8 Å². The van der Waals surface area contributed by atoms with E-state index in [1.54, 1.807) is 6.92 Å². The first-order chi connectivity index (χ1) is 17.6. The van der Waals surface area contributed by atoms with Crippen molar-refractivity contribution >= 4 is 5.97 Å². The minimum Gasteiger partial charge on any atom is -0.710 e. The van der Waals surface area contributed by atoms with Crippen molar-refractivity contribution in [2.24, 2.45) is 51.2 Å². The van der Waals surface area contributed by atoms with Gasteiger partial charge in [0.25, 0.3) is 0 Å². The molecule has 6 rings (SSSR count). The van der Waals surface area contributed by atoms with Crippen LogP contribution in [0.5, 0.6) is 0 Å². The Morgan fingerprint density at radius 1 is 0.974 bits per heavy atom. The van der Waals surface area contributed by atoms with Crippen molar-refractivity contribution in [3.63, 3.8) is 0 Å². The normalized spacial score (nSPS) is 46.7. The van der Waals surface area contributed by atoms with Crippen LogP contribution in [0, 0.1) is 63.4 Å². The Bertz CT molecular complexity index is 1230. The molecule has 4 saturated carbocycles. The fourth-order valence-electron chi connectivity index (χ4n) is 12.0. The molecule has 38 heavy (non-hydrogen) atoms. The van der Waals surface area contributed by atoms with Gasteiger partial charge >= 0.3 is 11.8 Å². The molecule has 1 aromatic heterocycles. The summed E-state index contributed by atoms with van der Waals surface area (Å²) in [5, 5.41) is 32.7. The molecule has 5 aliphatic carbocycles. The highest BCUT2D eigenvalue weighted by Crippen LogP contribution is 2.77. The Morgan fingerprint density at radius 2 is 1.68 bits per heavy atom. The number of carbonyl (C=O) groups is 1. The van der Waals surface area contributed by atoms with E-state index in [9.17, 15) is 15.1 Å². The van der Waals surface area contributed by atoms with E-state index in [0.717, 1.165) is 73.9 Å². The molecular formula is C32H47N3O3. The highest BCUT2D eigenvalue weighted by molar-refractivity contribution is 5.76. The van der Waals surface area contributed by atoms with Crippen LogP contribution in [0.1, 0.15) is 110 Å². The maximum atomic E-state index is 13.3. The fourth-order valence-corrected chi connectivity index (χ4v) is 12.0. The molecular weight excluding hydrogens is 474 g/mol. The van der Waals surface area contributed by atoms with E-state index in [2.05, 4.69) is 58.3 Å². The molecule has 0 amide bonds. The Balaban J connectivity index is 1.45. The number of nitrogens with zero attached hydrogens (tertiary/aromatic N) is 3. The first kappa shape index (κ1) is 26.3. The third kappa shape index (κ3) is 2.90. The van der Waals surface area contributed by atoms with Gasteiger partial charge in [-0.05, 0) is 109 Å². The van der Waals surface area contributed by atoms with Crippen LogP contribution in [0.3, 0.4) is 0 Å². The zero-order valence-corrected chi connectivity index (χ0v) is 24.6. The van der Waals surface area contributed by atoms with Crippen LogP contribution < -0.4 is 4.73 Å².